The standard InChI is InChI=1S/C24H24N6OS/c1-3-4-13-22-29-30-24(32-22)28-23(31)18-11-8-12-19(14-18)27-21-15-20(25-16(2)26-21)17-9-6-5-7-10-17/h5-12,14-15H,3-4,13H2,1-2H3,(H,25,26,27)(H,28,30,31). The second-order valence-electron chi connectivity index (χ2n) is 7.32. The number of unbranched alkanes of at least 4 members (excludes halogenated alkanes) is 1. The van der Waals surface area contributed by atoms with Gasteiger partial charge in [-0.15, -0.1) is 10.2 Å². The van der Waals surface area contributed by atoms with E-state index in [0.29, 0.717) is 22.3 Å². The van der Waals surface area contributed by atoms with Gasteiger partial charge in [0.05, 0.1) is 5.69 Å². The summed E-state index contributed by atoms with van der Waals surface area (Å²) in [5.41, 5.74) is 3.14. The number of benzene rings is 2. The third kappa shape index (κ3) is 5.53. The Morgan fingerprint density at radius 2 is 1.84 bits per heavy atom. The van der Waals surface area contributed by atoms with Gasteiger partial charge in [-0.05, 0) is 31.5 Å². The van der Waals surface area contributed by atoms with Crippen molar-refractivity contribution in [1.82, 2.24) is 20.2 Å². The molecule has 1 amide bonds. The quantitative estimate of drug-likeness (QED) is 0.365. The lowest BCUT2D eigenvalue weighted by Crippen LogP contribution is -2.12. The molecule has 0 aliphatic heterocycles. The van der Waals surface area contributed by atoms with Gasteiger partial charge >= 0.3 is 0 Å². The minimum atomic E-state index is -0.226. The van der Waals surface area contributed by atoms with Gasteiger partial charge in [-0.2, -0.15) is 0 Å². The highest BCUT2D eigenvalue weighted by Gasteiger charge is 2.11. The van der Waals surface area contributed by atoms with Crippen LogP contribution < -0.4 is 10.6 Å². The van der Waals surface area contributed by atoms with Gasteiger partial charge in [-0.1, -0.05) is 61.1 Å². The molecule has 0 radical (unpaired) electrons. The molecule has 0 spiro atoms. The largest absolute Gasteiger partial charge is 0.340 e. The van der Waals surface area contributed by atoms with E-state index in [2.05, 4.69) is 37.7 Å². The highest BCUT2D eigenvalue weighted by molar-refractivity contribution is 7.15. The van der Waals surface area contributed by atoms with Crippen LogP contribution in [0.4, 0.5) is 16.6 Å². The van der Waals surface area contributed by atoms with E-state index in [9.17, 15) is 4.79 Å². The van der Waals surface area contributed by atoms with Gasteiger partial charge in [0.2, 0.25) is 5.13 Å². The van der Waals surface area contributed by atoms with Gasteiger partial charge in [0.1, 0.15) is 16.6 Å². The minimum absolute atomic E-state index is 0.226. The van der Waals surface area contributed by atoms with E-state index in [4.69, 9.17) is 0 Å². The SMILES string of the molecule is CCCCc1nnc(NC(=O)c2cccc(Nc3cc(-c4ccccc4)nc(C)n3)c2)s1. The van der Waals surface area contributed by atoms with Crippen LogP contribution in [0, 0.1) is 6.92 Å². The lowest BCUT2D eigenvalue weighted by molar-refractivity contribution is 0.102. The van der Waals surface area contributed by atoms with Crippen molar-refractivity contribution in [1.29, 1.82) is 0 Å². The second-order valence-corrected chi connectivity index (χ2v) is 8.38. The molecule has 0 atom stereocenters. The smallest absolute Gasteiger partial charge is 0.257 e. The highest BCUT2D eigenvalue weighted by atomic mass is 32.1. The second kappa shape index (κ2) is 10.1. The summed E-state index contributed by atoms with van der Waals surface area (Å²) in [5.74, 6) is 1.10. The lowest BCUT2D eigenvalue weighted by atomic mass is 10.1. The predicted molar refractivity (Wildman–Crippen MR) is 128 cm³/mol. The molecule has 162 valence electrons. The van der Waals surface area contributed by atoms with Crippen molar-refractivity contribution in [2.24, 2.45) is 0 Å². The van der Waals surface area contributed by atoms with Crippen LogP contribution in [0.5, 0.6) is 0 Å². The lowest BCUT2D eigenvalue weighted by Gasteiger charge is -2.10. The van der Waals surface area contributed by atoms with Crippen molar-refractivity contribution < 1.29 is 4.79 Å². The third-order valence-electron chi connectivity index (χ3n) is 4.74. The van der Waals surface area contributed by atoms with Crippen molar-refractivity contribution in [3.63, 3.8) is 0 Å². The molecule has 2 N–H and O–H groups in total. The molecule has 0 unspecified atom stereocenters. The third-order valence-corrected chi connectivity index (χ3v) is 5.63. The van der Waals surface area contributed by atoms with Gasteiger partial charge in [0.25, 0.3) is 5.91 Å². The summed E-state index contributed by atoms with van der Waals surface area (Å²) in [6.45, 7) is 3.99. The topological polar surface area (TPSA) is 92.7 Å². The van der Waals surface area contributed by atoms with E-state index in [1.54, 1.807) is 12.1 Å². The van der Waals surface area contributed by atoms with Gasteiger partial charge in [0.15, 0.2) is 0 Å². The van der Waals surface area contributed by atoms with E-state index in [0.717, 1.165) is 41.2 Å². The van der Waals surface area contributed by atoms with Crippen LogP contribution in [0.3, 0.4) is 0 Å². The van der Waals surface area contributed by atoms with Crippen LogP contribution in [0.15, 0.2) is 60.7 Å². The molecule has 0 aliphatic carbocycles. The number of aryl methyl sites for hydroxylation is 2. The Morgan fingerprint density at radius 3 is 2.66 bits per heavy atom. The van der Waals surface area contributed by atoms with Crippen molar-refractivity contribution >= 4 is 33.9 Å². The van der Waals surface area contributed by atoms with E-state index in [1.807, 2.05) is 55.5 Å². The van der Waals surface area contributed by atoms with Gasteiger partial charge < -0.3 is 5.32 Å². The van der Waals surface area contributed by atoms with E-state index >= 15 is 0 Å². The molecular weight excluding hydrogens is 420 g/mol. The summed E-state index contributed by atoms with van der Waals surface area (Å²) >= 11 is 1.42. The normalized spacial score (nSPS) is 10.7. The first-order valence-electron chi connectivity index (χ1n) is 10.5. The summed E-state index contributed by atoms with van der Waals surface area (Å²) in [6.07, 6.45) is 3.04. The number of aromatic nitrogens is 4. The Bertz CT molecular complexity index is 1210. The van der Waals surface area contributed by atoms with Crippen LogP contribution in [0.1, 0.15) is 41.0 Å². The summed E-state index contributed by atoms with van der Waals surface area (Å²) in [5, 5.41) is 15.8. The molecule has 4 aromatic rings. The first-order chi connectivity index (χ1) is 15.6. The highest BCUT2D eigenvalue weighted by Crippen LogP contribution is 2.23. The fourth-order valence-corrected chi connectivity index (χ4v) is 3.95. The average Bonchev–Trinajstić information content (AvgIpc) is 3.25. The number of anilines is 3. The Morgan fingerprint density at radius 1 is 1.00 bits per heavy atom. The van der Waals surface area contributed by atoms with Crippen molar-refractivity contribution in [2.75, 3.05) is 10.6 Å². The van der Waals surface area contributed by atoms with Crippen LogP contribution >= 0.6 is 11.3 Å². The maximum Gasteiger partial charge on any atom is 0.257 e. The van der Waals surface area contributed by atoms with Gasteiger partial charge in [0, 0.05) is 29.3 Å². The molecule has 8 heteroatoms. The van der Waals surface area contributed by atoms with E-state index in [-0.39, 0.29) is 5.91 Å². The molecule has 0 fully saturated rings. The Labute approximate surface area is 191 Å². The molecular formula is C24H24N6OS. The Kier molecular flexibility index (Phi) is 6.81. The number of hydrogen-bond donors (Lipinski definition) is 2. The van der Waals surface area contributed by atoms with Crippen LogP contribution in [0.25, 0.3) is 11.3 Å². The van der Waals surface area contributed by atoms with Crippen LogP contribution in [0.2, 0.25) is 0 Å². The van der Waals surface area contributed by atoms with Crippen molar-refractivity contribution in [3.05, 3.63) is 77.1 Å². The molecule has 2 aromatic heterocycles. The first kappa shape index (κ1) is 21.6. The summed E-state index contributed by atoms with van der Waals surface area (Å²) in [6, 6.07) is 19.1. The molecule has 32 heavy (non-hydrogen) atoms. The number of carbonyl (C=O) groups excluding carboxylic acids is 1. The first-order valence-corrected chi connectivity index (χ1v) is 11.3. The number of amides is 1. The fourth-order valence-electron chi connectivity index (χ4n) is 3.18. The predicted octanol–water partition coefficient (Wildman–Crippen LogP) is 5.64. The number of nitrogens with one attached hydrogen (secondary N) is 2. The van der Waals surface area contributed by atoms with Crippen molar-refractivity contribution in [3.8, 4) is 11.3 Å². The minimum Gasteiger partial charge on any atom is -0.340 e. The molecule has 0 aliphatic rings. The maximum atomic E-state index is 12.7. The zero-order chi connectivity index (χ0) is 22.3. The summed E-state index contributed by atoms with van der Waals surface area (Å²) in [4.78, 5) is 21.7. The Hall–Kier alpha value is -3.65. The van der Waals surface area contributed by atoms with Crippen LogP contribution in [-0.2, 0) is 6.42 Å². The molecule has 0 bridgehead atoms. The van der Waals surface area contributed by atoms with E-state index in [1.165, 1.54) is 11.3 Å². The van der Waals surface area contributed by atoms with E-state index < -0.39 is 0 Å². The zero-order valence-electron chi connectivity index (χ0n) is 18.0. The van der Waals surface area contributed by atoms with Gasteiger partial charge in [-0.25, -0.2) is 9.97 Å². The zero-order valence-corrected chi connectivity index (χ0v) is 18.8. The number of hydrogen-bond acceptors (Lipinski definition) is 7. The summed E-state index contributed by atoms with van der Waals surface area (Å²) in [7, 11) is 0. The number of carbonyl (C=O) groups is 1. The molecule has 4 rings (SSSR count). The average molecular weight is 445 g/mol. The number of rotatable bonds is 8. The van der Waals surface area contributed by atoms with Crippen molar-refractivity contribution in [2.45, 2.75) is 33.1 Å². The molecule has 2 aromatic carbocycles. The Balaban J connectivity index is 1.48. The van der Waals surface area contributed by atoms with Crippen LogP contribution in [-0.4, -0.2) is 26.1 Å². The molecule has 0 saturated carbocycles. The fraction of sp³-hybridized carbons (Fsp3) is 0.208. The monoisotopic (exact) mass is 444 g/mol. The summed E-state index contributed by atoms with van der Waals surface area (Å²) < 4.78 is 0. The molecule has 7 nitrogen and oxygen atoms in total. The molecule has 0 saturated heterocycles. The van der Waals surface area contributed by atoms with Gasteiger partial charge in [-0.3, -0.25) is 10.1 Å². The number of nitrogens with zero attached hydrogens (tertiary/aromatic N) is 4. The molecule has 2 heterocycles. The maximum absolute atomic E-state index is 12.7.